The molecule has 0 radical (unpaired) electrons. The Labute approximate surface area is 163 Å². The van der Waals surface area contributed by atoms with Crippen LogP contribution in [0, 0.1) is 0 Å². The molecule has 0 aliphatic heterocycles. The van der Waals surface area contributed by atoms with Crippen molar-refractivity contribution in [1.29, 1.82) is 0 Å². The first-order chi connectivity index (χ1) is 13.8. The maximum atomic E-state index is 12.8. The zero-order valence-electron chi connectivity index (χ0n) is 15.5. The number of carbonyl (C=O) groups is 1. The van der Waals surface area contributed by atoms with Crippen molar-refractivity contribution in [2.45, 2.75) is 19.6 Å². The van der Waals surface area contributed by atoms with Crippen LogP contribution in [0.1, 0.15) is 28.2 Å². The number of aromatic nitrogens is 2. The molecule has 1 amide bonds. The topological polar surface area (TPSA) is 67.5 Å². The molecule has 0 saturated heterocycles. The molecule has 0 unspecified atom stereocenters. The third-order valence-corrected chi connectivity index (χ3v) is 4.16. The van der Waals surface area contributed by atoms with Crippen molar-refractivity contribution in [1.82, 2.24) is 14.9 Å². The molecule has 0 saturated carbocycles. The molecule has 0 bridgehead atoms. The molecule has 0 fully saturated rings. The highest BCUT2D eigenvalue weighted by molar-refractivity contribution is 5.97. The third-order valence-electron chi connectivity index (χ3n) is 4.16. The number of hydrogen-bond donors (Lipinski definition) is 1. The average molecular weight is 411 g/mol. The number of ether oxygens (including phenoxy) is 2. The SMILES string of the molecule is COc1ccc(CN(C)C(=O)c2ccc3nc(C(F)F)[nH]c3c2)cc1OC(F)F. The van der Waals surface area contributed by atoms with Crippen LogP contribution >= 0.6 is 0 Å². The Hall–Kier alpha value is -3.30. The Morgan fingerprint density at radius 3 is 2.55 bits per heavy atom. The van der Waals surface area contributed by atoms with Crippen molar-refractivity contribution in [2.24, 2.45) is 0 Å². The van der Waals surface area contributed by atoms with E-state index in [4.69, 9.17) is 4.74 Å². The number of imidazole rings is 1. The second-order valence-electron chi connectivity index (χ2n) is 6.18. The van der Waals surface area contributed by atoms with Crippen molar-refractivity contribution < 1.29 is 31.8 Å². The molecule has 2 aromatic carbocycles. The summed E-state index contributed by atoms with van der Waals surface area (Å²) < 4.78 is 60.1. The molecule has 3 aromatic rings. The molecule has 154 valence electrons. The first-order valence-corrected chi connectivity index (χ1v) is 8.43. The normalized spacial score (nSPS) is 11.3. The summed E-state index contributed by atoms with van der Waals surface area (Å²) in [5.41, 5.74) is 1.45. The van der Waals surface area contributed by atoms with Crippen LogP contribution < -0.4 is 9.47 Å². The average Bonchev–Trinajstić information content (AvgIpc) is 3.11. The van der Waals surface area contributed by atoms with Gasteiger partial charge >= 0.3 is 6.61 Å². The van der Waals surface area contributed by atoms with Crippen LogP contribution in [0.25, 0.3) is 11.0 Å². The van der Waals surface area contributed by atoms with E-state index in [2.05, 4.69) is 14.7 Å². The standard InChI is InChI=1S/C19H17F4N3O3/c1-26(9-10-3-6-14(28-2)15(7-10)29-19(22)23)18(27)11-4-5-12-13(8-11)25-17(24-12)16(20)21/h3-8,16,19H,9H2,1-2H3,(H,24,25). The molecule has 3 rings (SSSR count). The number of rotatable bonds is 7. The maximum absolute atomic E-state index is 12.8. The van der Waals surface area contributed by atoms with E-state index >= 15 is 0 Å². The molecule has 1 aromatic heterocycles. The number of halogens is 4. The summed E-state index contributed by atoms with van der Waals surface area (Å²) in [6.45, 7) is -2.91. The minimum absolute atomic E-state index is 0.103. The van der Waals surface area contributed by atoms with Gasteiger partial charge in [0, 0.05) is 19.2 Å². The number of carbonyl (C=O) groups excluding carboxylic acids is 1. The van der Waals surface area contributed by atoms with Gasteiger partial charge in [-0.2, -0.15) is 8.78 Å². The number of aromatic amines is 1. The van der Waals surface area contributed by atoms with Crippen LogP contribution in [0.15, 0.2) is 36.4 Å². The van der Waals surface area contributed by atoms with Gasteiger partial charge in [-0.15, -0.1) is 0 Å². The van der Waals surface area contributed by atoms with E-state index in [0.29, 0.717) is 16.6 Å². The lowest BCUT2D eigenvalue weighted by Gasteiger charge is -2.18. The van der Waals surface area contributed by atoms with Crippen molar-refractivity contribution in [3.63, 3.8) is 0 Å². The second-order valence-corrected chi connectivity index (χ2v) is 6.18. The van der Waals surface area contributed by atoms with Gasteiger partial charge in [-0.05, 0) is 35.9 Å². The highest BCUT2D eigenvalue weighted by Crippen LogP contribution is 2.30. The highest BCUT2D eigenvalue weighted by atomic mass is 19.3. The highest BCUT2D eigenvalue weighted by Gasteiger charge is 2.18. The number of H-pyrrole nitrogens is 1. The molecule has 0 atom stereocenters. The zero-order valence-corrected chi connectivity index (χ0v) is 15.5. The Morgan fingerprint density at radius 2 is 1.90 bits per heavy atom. The predicted octanol–water partition coefficient (Wildman–Crippen LogP) is 4.38. The summed E-state index contributed by atoms with van der Waals surface area (Å²) in [4.78, 5) is 20.3. The van der Waals surface area contributed by atoms with Crippen LogP contribution in [0.4, 0.5) is 17.6 Å². The molecule has 0 spiro atoms. The third kappa shape index (κ3) is 4.58. The summed E-state index contributed by atoms with van der Waals surface area (Å²) in [6, 6.07) is 8.84. The lowest BCUT2D eigenvalue weighted by Crippen LogP contribution is -2.26. The quantitative estimate of drug-likeness (QED) is 0.586. The van der Waals surface area contributed by atoms with Gasteiger partial charge in [0.15, 0.2) is 17.3 Å². The van der Waals surface area contributed by atoms with Crippen molar-refractivity contribution >= 4 is 16.9 Å². The summed E-state index contributed by atoms with van der Waals surface area (Å²) in [7, 11) is 2.86. The largest absolute Gasteiger partial charge is 0.493 e. The Morgan fingerprint density at radius 1 is 1.14 bits per heavy atom. The molecule has 6 nitrogen and oxygen atoms in total. The summed E-state index contributed by atoms with van der Waals surface area (Å²) >= 11 is 0. The van der Waals surface area contributed by atoms with Gasteiger partial charge in [-0.3, -0.25) is 4.79 Å². The van der Waals surface area contributed by atoms with Crippen LogP contribution in [-0.4, -0.2) is 41.5 Å². The van der Waals surface area contributed by atoms with E-state index in [1.165, 1.54) is 49.4 Å². The van der Waals surface area contributed by atoms with Gasteiger partial charge in [0.25, 0.3) is 12.3 Å². The lowest BCUT2D eigenvalue weighted by atomic mass is 10.1. The Kier molecular flexibility index (Phi) is 5.90. The number of amides is 1. The minimum Gasteiger partial charge on any atom is -0.493 e. The first-order valence-electron chi connectivity index (χ1n) is 8.43. The Balaban J connectivity index is 1.79. The maximum Gasteiger partial charge on any atom is 0.387 e. The van der Waals surface area contributed by atoms with Gasteiger partial charge in [0.05, 0.1) is 18.1 Å². The molecule has 0 aliphatic rings. The van der Waals surface area contributed by atoms with E-state index in [1.54, 1.807) is 6.07 Å². The van der Waals surface area contributed by atoms with Gasteiger partial charge in [0.1, 0.15) is 0 Å². The minimum atomic E-state index is -3.02. The Bertz CT molecular complexity index is 1020. The van der Waals surface area contributed by atoms with E-state index in [-0.39, 0.29) is 29.5 Å². The van der Waals surface area contributed by atoms with Gasteiger partial charge in [0.2, 0.25) is 0 Å². The van der Waals surface area contributed by atoms with Crippen LogP contribution in [0.5, 0.6) is 11.5 Å². The number of nitrogens with one attached hydrogen (secondary N) is 1. The number of hydrogen-bond acceptors (Lipinski definition) is 4. The second kappa shape index (κ2) is 8.38. The van der Waals surface area contributed by atoms with Crippen LogP contribution in [0.3, 0.4) is 0 Å². The monoisotopic (exact) mass is 411 g/mol. The summed E-state index contributed by atoms with van der Waals surface area (Å²) in [5.74, 6) is -0.850. The van der Waals surface area contributed by atoms with E-state index < -0.39 is 18.9 Å². The number of methoxy groups -OCH3 is 1. The summed E-state index contributed by atoms with van der Waals surface area (Å²) in [5, 5.41) is 0. The first kappa shape index (κ1) is 20.4. The van der Waals surface area contributed by atoms with Gasteiger partial charge in [-0.1, -0.05) is 6.07 Å². The molecular weight excluding hydrogens is 394 g/mol. The number of nitrogens with zero attached hydrogens (tertiary/aromatic N) is 2. The van der Waals surface area contributed by atoms with Crippen molar-refractivity contribution in [3.8, 4) is 11.5 Å². The smallest absolute Gasteiger partial charge is 0.387 e. The molecule has 0 aliphatic carbocycles. The molecule has 1 N–H and O–H groups in total. The van der Waals surface area contributed by atoms with Crippen molar-refractivity contribution in [3.05, 3.63) is 53.3 Å². The van der Waals surface area contributed by atoms with E-state index in [9.17, 15) is 22.4 Å². The predicted molar refractivity (Wildman–Crippen MR) is 96.5 cm³/mol. The van der Waals surface area contributed by atoms with Gasteiger partial charge < -0.3 is 19.4 Å². The van der Waals surface area contributed by atoms with Crippen LogP contribution in [-0.2, 0) is 6.54 Å². The fraction of sp³-hybridized carbons (Fsp3) is 0.263. The number of benzene rings is 2. The molecule has 29 heavy (non-hydrogen) atoms. The van der Waals surface area contributed by atoms with Gasteiger partial charge in [-0.25, -0.2) is 13.8 Å². The lowest BCUT2D eigenvalue weighted by molar-refractivity contribution is -0.0512. The molecule has 10 heteroatoms. The summed E-state index contributed by atoms with van der Waals surface area (Å²) in [6.07, 6.45) is -2.75. The van der Waals surface area contributed by atoms with Crippen molar-refractivity contribution in [2.75, 3.05) is 14.2 Å². The number of fused-ring (bicyclic) bond motifs is 1. The van der Waals surface area contributed by atoms with E-state index in [0.717, 1.165) is 0 Å². The molecular formula is C19H17F4N3O3. The molecule has 1 heterocycles. The fourth-order valence-electron chi connectivity index (χ4n) is 2.84. The van der Waals surface area contributed by atoms with E-state index in [1.807, 2.05) is 0 Å². The van der Waals surface area contributed by atoms with Crippen LogP contribution in [0.2, 0.25) is 0 Å². The number of alkyl halides is 4. The zero-order chi connectivity index (χ0) is 21.1. The fourth-order valence-corrected chi connectivity index (χ4v) is 2.84.